The van der Waals surface area contributed by atoms with Crippen LogP contribution in [0.2, 0.25) is 0 Å². The van der Waals surface area contributed by atoms with Crippen molar-refractivity contribution in [2.75, 3.05) is 19.4 Å². The molecule has 6 nitrogen and oxygen atoms in total. The first-order valence-corrected chi connectivity index (χ1v) is 8.26. The number of sulfonamides is 1. The maximum Gasteiger partial charge on any atom is 0.244 e. The average molecular weight is 313 g/mol. The number of rotatable bonds is 6. The lowest BCUT2D eigenvalue weighted by molar-refractivity contribution is 0.402. The third-order valence-corrected chi connectivity index (χ3v) is 4.75. The van der Waals surface area contributed by atoms with E-state index in [1.54, 1.807) is 11.6 Å². The van der Waals surface area contributed by atoms with Gasteiger partial charge in [0.2, 0.25) is 10.0 Å². The van der Waals surface area contributed by atoms with E-state index in [-0.39, 0.29) is 17.2 Å². The van der Waals surface area contributed by atoms with Crippen LogP contribution in [0.15, 0.2) is 34.0 Å². The van der Waals surface area contributed by atoms with Crippen molar-refractivity contribution in [3.05, 3.63) is 34.8 Å². The van der Waals surface area contributed by atoms with Crippen molar-refractivity contribution < 1.29 is 13.2 Å². The number of hydrogen-bond acceptors (Lipinski definition) is 6. The summed E-state index contributed by atoms with van der Waals surface area (Å²) in [6, 6.07) is 4.50. The van der Waals surface area contributed by atoms with E-state index in [0.717, 1.165) is 5.69 Å². The number of anilines is 1. The highest BCUT2D eigenvalue weighted by Gasteiger charge is 2.19. The van der Waals surface area contributed by atoms with Gasteiger partial charge in [0.25, 0.3) is 0 Å². The van der Waals surface area contributed by atoms with Gasteiger partial charge in [0.05, 0.1) is 18.3 Å². The van der Waals surface area contributed by atoms with E-state index < -0.39 is 10.0 Å². The molecule has 0 aliphatic rings. The highest BCUT2D eigenvalue weighted by molar-refractivity contribution is 7.89. The zero-order chi connectivity index (χ0) is 14.6. The smallest absolute Gasteiger partial charge is 0.244 e. The van der Waals surface area contributed by atoms with Crippen molar-refractivity contribution in [3.8, 4) is 5.75 Å². The van der Waals surface area contributed by atoms with Gasteiger partial charge >= 0.3 is 0 Å². The fourth-order valence-electron chi connectivity index (χ4n) is 1.66. The van der Waals surface area contributed by atoms with E-state index in [0.29, 0.717) is 12.1 Å². The van der Waals surface area contributed by atoms with Gasteiger partial charge in [-0.25, -0.2) is 18.1 Å². The molecule has 0 aliphatic heterocycles. The molecule has 0 saturated heterocycles. The summed E-state index contributed by atoms with van der Waals surface area (Å²) >= 11 is 1.48. The number of hydrogen-bond donors (Lipinski definition) is 2. The van der Waals surface area contributed by atoms with Gasteiger partial charge in [0.15, 0.2) is 0 Å². The van der Waals surface area contributed by atoms with Gasteiger partial charge in [-0.15, -0.1) is 11.3 Å². The fourth-order valence-corrected chi connectivity index (χ4v) is 3.48. The van der Waals surface area contributed by atoms with E-state index in [1.807, 2.05) is 5.38 Å². The topological polar surface area (TPSA) is 94.3 Å². The summed E-state index contributed by atoms with van der Waals surface area (Å²) in [7, 11) is -2.24. The largest absolute Gasteiger partial charge is 0.495 e. The van der Waals surface area contributed by atoms with Gasteiger partial charge in [-0.1, -0.05) is 0 Å². The zero-order valence-electron chi connectivity index (χ0n) is 10.9. The van der Waals surface area contributed by atoms with Crippen LogP contribution in [0.4, 0.5) is 5.69 Å². The molecule has 8 heteroatoms. The number of thiazole rings is 1. The molecule has 2 aromatic rings. The van der Waals surface area contributed by atoms with Crippen molar-refractivity contribution in [1.82, 2.24) is 9.71 Å². The second-order valence-electron chi connectivity index (χ2n) is 4.04. The minimum Gasteiger partial charge on any atom is -0.495 e. The van der Waals surface area contributed by atoms with Crippen molar-refractivity contribution in [3.63, 3.8) is 0 Å². The Labute approximate surface area is 121 Å². The van der Waals surface area contributed by atoms with Crippen LogP contribution in [0.5, 0.6) is 5.75 Å². The molecule has 0 aliphatic carbocycles. The highest BCUT2D eigenvalue weighted by Crippen LogP contribution is 2.25. The maximum atomic E-state index is 12.2. The van der Waals surface area contributed by atoms with Gasteiger partial charge in [0, 0.05) is 24.0 Å². The summed E-state index contributed by atoms with van der Waals surface area (Å²) < 4.78 is 32.0. The molecule has 1 aromatic heterocycles. The number of methoxy groups -OCH3 is 1. The molecule has 1 aromatic carbocycles. The van der Waals surface area contributed by atoms with Crippen LogP contribution in [0.3, 0.4) is 0 Å². The number of benzene rings is 1. The molecule has 1 heterocycles. The summed E-state index contributed by atoms with van der Waals surface area (Å²) in [5, 5.41) is 1.88. The van der Waals surface area contributed by atoms with E-state index in [2.05, 4.69) is 9.71 Å². The normalized spacial score (nSPS) is 11.4. The summed E-state index contributed by atoms with van der Waals surface area (Å²) in [6.07, 6.45) is 0.535. The molecular formula is C12H15N3O3S2. The number of nitrogen functional groups attached to an aromatic ring is 1. The molecule has 3 N–H and O–H groups in total. The Balaban J connectivity index is 2.11. The maximum absolute atomic E-state index is 12.2. The van der Waals surface area contributed by atoms with E-state index in [4.69, 9.17) is 10.5 Å². The SMILES string of the molecule is COc1ccc(N)cc1S(=O)(=O)NCCc1cscn1. The molecule has 0 unspecified atom stereocenters. The van der Waals surface area contributed by atoms with Crippen LogP contribution >= 0.6 is 11.3 Å². The van der Waals surface area contributed by atoms with Crippen molar-refractivity contribution in [2.24, 2.45) is 0 Å². The summed E-state index contributed by atoms with van der Waals surface area (Å²) in [5.41, 5.74) is 8.57. The van der Waals surface area contributed by atoms with Gasteiger partial charge in [0.1, 0.15) is 10.6 Å². The number of nitrogens with two attached hydrogens (primary N) is 1. The fraction of sp³-hybridized carbons (Fsp3) is 0.250. The molecular weight excluding hydrogens is 298 g/mol. The second-order valence-corrected chi connectivity index (χ2v) is 6.49. The monoisotopic (exact) mass is 313 g/mol. The number of aromatic nitrogens is 1. The summed E-state index contributed by atoms with van der Waals surface area (Å²) in [5.74, 6) is 0.264. The predicted molar refractivity (Wildman–Crippen MR) is 78.4 cm³/mol. The average Bonchev–Trinajstić information content (AvgIpc) is 2.91. The third kappa shape index (κ3) is 3.47. The van der Waals surface area contributed by atoms with Gasteiger partial charge in [-0.05, 0) is 18.2 Å². The minimum atomic E-state index is -3.66. The molecule has 0 bridgehead atoms. The molecule has 20 heavy (non-hydrogen) atoms. The summed E-state index contributed by atoms with van der Waals surface area (Å²) in [6.45, 7) is 0.268. The van der Waals surface area contributed by atoms with Gasteiger partial charge in [-0.3, -0.25) is 0 Å². The number of nitrogens with zero attached hydrogens (tertiary/aromatic N) is 1. The van der Waals surface area contributed by atoms with Crippen molar-refractivity contribution in [2.45, 2.75) is 11.3 Å². The Morgan fingerprint density at radius 2 is 2.25 bits per heavy atom. The molecule has 108 valence electrons. The molecule has 0 saturated carbocycles. The Bertz CT molecular complexity index is 669. The van der Waals surface area contributed by atoms with Gasteiger partial charge in [-0.2, -0.15) is 0 Å². The molecule has 0 amide bonds. The molecule has 0 fully saturated rings. The van der Waals surface area contributed by atoms with E-state index >= 15 is 0 Å². The van der Waals surface area contributed by atoms with Crippen LogP contribution in [-0.2, 0) is 16.4 Å². The van der Waals surface area contributed by atoms with E-state index in [1.165, 1.54) is 30.6 Å². The quantitative estimate of drug-likeness (QED) is 0.783. The predicted octanol–water partition coefficient (Wildman–Crippen LogP) is 1.25. The number of nitrogens with one attached hydrogen (secondary N) is 1. The minimum absolute atomic E-state index is 0.0401. The molecule has 2 rings (SSSR count). The summed E-state index contributed by atoms with van der Waals surface area (Å²) in [4.78, 5) is 4.14. The Kier molecular flexibility index (Phi) is 4.58. The third-order valence-electron chi connectivity index (χ3n) is 2.63. The molecule has 0 radical (unpaired) electrons. The first-order chi connectivity index (χ1) is 9.53. The standard InChI is InChI=1S/C12H15N3O3S2/c1-18-11-3-2-9(13)6-12(11)20(16,17)15-5-4-10-7-19-8-14-10/h2-3,6-8,15H,4-5,13H2,1H3. The van der Waals surface area contributed by atoms with Crippen LogP contribution in [0.25, 0.3) is 0 Å². The molecule has 0 atom stereocenters. The van der Waals surface area contributed by atoms with Crippen molar-refractivity contribution in [1.29, 1.82) is 0 Å². The van der Waals surface area contributed by atoms with Crippen LogP contribution in [0, 0.1) is 0 Å². The lowest BCUT2D eigenvalue weighted by atomic mass is 10.3. The molecule has 0 spiro atoms. The van der Waals surface area contributed by atoms with E-state index in [9.17, 15) is 8.42 Å². The van der Waals surface area contributed by atoms with Crippen LogP contribution < -0.4 is 15.2 Å². The first kappa shape index (κ1) is 14.8. The van der Waals surface area contributed by atoms with Crippen molar-refractivity contribution >= 4 is 27.0 Å². The Morgan fingerprint density at radius 1 is 1.45 bits per heavy atom. The Morgan fingerprint density at radius 3 is 2.90 bits per heavy atom. The number of ether oxygens (including phenoxy) is 1. The zero-order valence-corrected chi connectivity index (χ0v) is 12.5. The lowest BCUT2D eigenvalue weighted by Crippen LogP contribution is -2.26. The van der Waals surface area contributed by atoms with Crippen LogP contribution in [0.1, 0.15) is 5.69 Å². The highest BCUT2D eigenvalue weighted by atomic mass is 32.2. The van der Waals surface area contributed by atoms with Gasteiger partial charge < -0.3 is 10.5 Å². The second kappa shape index (κ2) is 6.21. The lowest BCUT2D eigenvalue weighted by Gasteiger charge is -2.11. The first-order valence-electron chi connectivity index (χ1n) is 5.83. The van der Waals surface area contributed by atoms with Crippen LogP contribution in [-0.4, -0.2) is 27.1 Å². The Hall–Kier alpha value is -1.64.